The number of hydrogen-bond donors (Lipinski definition) is 2. The number of carbonyl (C=O) groups is 1. The maximum absolute atomic E-state index is 13.4. The second kappa shape index (κ2) is 9.76. The van der Waals surface area contributed by atoms with E-state index >= 15 is 0 Å². The highest BCUT2D eigenvalue weighted by Crippen LogP contribution is 2.18. The molecule has 2 aromatic carbocycles. The predicted molar refractivity (Wildman–Crippen MR) is 114 cm³/mol. The van der Waals surface area contributed by atoms with Gasteiger partial charge in [0.05, 0.1) is 30.4 Å². The maximum atomic E-state index is 13.4. The standard InChI is InChI=1S/C22H23F2N5O2/c23-17-11-19-20(12-18(17)24)28-21(14-25-19)26-13-15-2-1-3-16(10-15)27-22(30)4-5-29-6-8-31-9-7-29/h1-3,10-12,14H,4-9,13H2,(H,26,28)(H,27,30). The lowest BCUT2D eigenvalue weighted by molar-refractivity contribution is -0.116. The van der Waals surface area contributed by atoms with Crippen LogP contribution in [0.1, 0.15) is 12.0 Å². The number of fused-ring (bicyclic) bond motifs is 1. The van der Waals surface area contributed by atoms with Gasteiger partial charge in [0.25, 0.3) is 0 Å². The summed E-state index contributed by atoms with van der Waals surface area (Å²) < 4.78 is 32.0. The fraction of sp³-hybridized carbons (Fsp3) is 0.318. The van der Waals surface area contributed by atoms with Gasteiger partial charge in [0.1, 0.15) is 5.82 Å². The summed E-state index contributed by atoms with van der Waals surface area (Å²) in [5, 5.41) is 6.04. The number of amides is 1. The van der Waals surface area contributed by atoms with Gasteiger partial charge in [0, 0.05) is 50.4 Å². The summed E-state index contributed by atoms with van der Waals surface area (Å²) in [6, 6.07) is 9.54. The summed E-state index contributed by atoms with van der Waals surface area (Å²) >= 11 is 0. The molecule has 9 heteroatoms. The molecule has 0 spiro atoms. The van der Waals surface area contributed by atoms with Gasteiger partial charge in [-0.3, -0.25) is 14.7 Å². The third-order valence-corrected chi connectivity index (χ3v) is 5.03. The molecule has 2 N–H and O–H groups in total. The van der Waals surface area contributed by atoms with Crippen LogP contribution in [-0.2, 0) is 16.1 Å². The zero-order valence-corrected chi connectivity index (χ0v) is 16.9. The van der Waals surface area contributed by atoms with Gasteiger partial charge in [-0.1, -0.05) is 12.1 Å². The average molecular weight is 427 g/mol. The number of nitrogens with one attached hydrogen (secondary N) is 2. The summed E-state index contributed by atoms with van der Waals surface area (Å²) in [5.74, 6) is -1.51. The van der Waals surface area contributed by atoms with Crippen LogP contribution in [0.4, 0.5) is 20.3 Å². The van der Waals surface area contributed by atoms with Gasteiger partial charge in [-0.15, -0.1) is 0 Å². The Kier molecular flexibility index (Phi) is 6.63. The minimum atomic E-state index is -0.962. The largest absolute Gasteiger partial charge is 0.379 e. The Morgan fingerprint density at radius 2 is 1.87 bits per heavy atom. The molecule has 31 heavy (non-hydrogen) atoms. The lowest BCUT2D eigenvalue weighted by Gasteiger charge is -2.26. The molecule has 0 unspecified atom stereocenters. The summed E-state index contributed by atoms with van der Waals surface area (Å²) in [6.07, 6.45) is 1.89. The van der Waals surface area contributed by atoms with E-state index in [9.17, 15) is 13.6 Å². The molecule has 1 aromatic heterocycles. The van der Waals surface area contributed by atoms with Crippen LogP contribution in [0.5, 0.6) is 0 Å². The first-order valence-electron chi connectivity index (χ1n) is 10.1. The second-order valence-electron chi connectivity index (χ2n) is 7.32. The van der Waals surface area contributed by atoms with E-state index < -0.39 is 11.6 Å². The van der Waals surface area contributed by atoms with E-state index in [1.165, 1.54) is 6.20 Å². The molecule has 1 saturated heterocycles. The number of anilines is 2. The van der Waals surface area contributed by atoms with Crippen molar-refractivity contribution in [2.45, 2.75) is 13.0 Å². The minimum absolute atomic E-state index is 0.0359. The number of halogens is 2. The van der Waals surface area contributed by atoms with E-state index in [2.05, 4.69) is 25.5 Å². The fourth-order valence-corrected chi connectivity index (χ4v) is 3.35. The monoisotopic (exact) mass is 427 g/mol. The van der Waals surface area contributed by atoms with Gasteiger partial charge < -0.3 is 15.4 Å². The number of hydrogen-bond acceptors (Lipinski definition) is 6. The molecule has 1 fully saturated rings. The highest BCUT2D eigenvalue weighted by molar-refractivity contribution is 5.90. The quantitative estimate of drug-likeness (QED) is 0.603. The number of nitrogens with zero attached hydrogens (tertiary/aromatic N) is 3. The SMILES string of the molecule is O=C(CCN1CCOCC1)Nc1cccc(CNc2cnc3cc(F)c(F)cc3n2)c1. The van der Waals surface area contributed by atoms with Crippen LogP contribution in [0.2, 0.25) is 0 Å². The lowest BCUT2D eigenvalue weighted by Crippen LogP contribution is -2.38. The number of carbonyl (C=O) groups excluding carboxylic acids is 1. The predicted octanol–water partition coefficient (Wildman–Crippen LogP) is 3.18. The van der Waals surface area contributed by atoms with Crippen molar-refractivity contribution in [2.24, 2.45) is 0 Å². The topological polar surface area (TPSA) is 79.4 Å². The highest BCUT2D eigenvalue weighted by Gasteiger charge is 2.12. The van der Waals surface area contributed by atoms with Crippen LogP contribution >= 0.6 is 0 Å². The molecule has 3 aromatic rings. The Labute approximate surface area is 178 Å². The molecule has 1 amide bonds. The van der Waals surface area contributed by atoms with Crippen molar-refractivity contribution in [3.8, 4) is 0 Å². The smallest absolute Gasteiger partial charge is 0.225 e. The third kappa shape index (κ3) is 5.71. The maximum Gasteiger partial charge on any atom is 0.225 e. The Balaban J connectivity index is 1.32. The van der Waals surface area contributed by atoms with Crippen molar-refractivity contribution in [1.82, 2.24) is 14.9 Å². The first-order valence-corrected chi connectivity index (χ1v) is 10.1. The molecule has 7 nitrogen and oxygen atoms in total. The van der Waals surface area contributed by atoms with E-state index in [4.69, 9.17) is 4.74 Å². The second-order valence-corrected chi connectivity index (χ2v) is 7.32. The lowest BCUT2D eigenvalue weighted by atomic mass is 10.2. The average Bonchev–Trinajstić information content (AvgIpc) is 2.78. The molecule has 0 radical (unpaired) electrons. The van der Waals surface area contributed by atoms with Crippen LogP contribution in [0.3, 0.4) is 0 Å². The molecule has 1 aliphatic heterocycles. The molecule has 0 bridgehead atoms. The van der Waals surface area contributed by atoms with Gasteiger partial charge in [-0.25, -0.2) is 13.8 Å². The Morgan fingerprint density at radius 3 is 2.68 bits per heavy atom. The van der Waals surface area contributed by atoms with E-state index in [-0.39, 0.29) is 16.9 Å². The van der Waals surface area contributed by atoms with E-state index in [1.54, 1.807) is 0 Å². The number of benzene rings is 2. The van der Waals surface area contributed by atoms with Gasteiger partial charge in [-0.05, 0) is 17.7 Å². The Hall–Kier alpha value is -3.17. The summed E-state index contributed by atoms with van der Waals surface area (Å²) in [7, 11) is 0. The van der Waals surface area contributed by atoms with Crippen molar-refractivity contribution >= 4 is 28.4 Å². The number of rotatable bonds is 7. The number of ether oxygens (including phenoxy) is 1. The van der Waals surface area contributed by atoms with Crippen molar-refractivity contribution < 1.29 is 18.3 Å². The Morgan fingerprint density at radius 1 is 1.10 bits per heavy atom. The summed E-state index contributed by atoms with van der Waals surface area (Å²) in [5.41, 5.74) is 2.20. The van der Waals surface area contributed by atoms with Crippen LogP contribution < -0.4 is 10.6 Å². The fourth-order valence-electron chi connectivity index (χ4n) is 3.35. The van der Waals surface area contributed by atoms with Crippen LogP contribution in [0.25, 0.3) is 11.0 Å². The van der Waals surface area contributed by atoms with Crippen molar-refractivity contribution in [3.05, 3.63) is 59.8 Å². The normalized spacial score (nSPS) is 14.5. The van der Waals surface area contributed by atoms with Crippen molar-refractivity contribution in [3.63, 3.8) is 0 Å². The molecule has 0 atom stereocenters. The summed E-state index contributed by atoms with van der Waals surface area (Å²) in [6.45, 7) is 4.28. The Bertz CT molecular complexity index is 1070. The first kappa shape index (κ1) is 21.1. The molecule has 0 aliphatic carbocycles. The number of aromatic nitrogens is 2. The summed E-state index contributed by atoms with van der Waals surface area (Å²) in [4.78, 5) is 22.9. The van der Waals surface area contributed by atoms with E-state index in [0.717, 1.165) is 30.8 Å². The third-order valence-electron chi connectivity index (χ3n) is 5.03. The minimum Gasteiger partial charge on any atom is -0.379 e. The zero-order chi connectivity index (χ0) is 21.6. The number of morpholine rings is 1. The van der Waals surface area contributed by atoms with Crippen molar-refractivity contribution in [2.75, 3.05) is 43.5 Å². The zero-order valence-electron chi connectivity index (χ0n) is 16.9. The molecule has 4 rings (SSSR count). The van der Waals surface area contributed by atoms with E-state index in [0.29, 0.717) is 44.2 Å². The molecule has 2 heterocycles. The van der Waals surface area contributed by atoms with Gasteiger partial charge in [-0.2, -0.15) is 0 Å². The van der Waals surface area contributed by atoms with Gasteiger partial charge in [0.2, 0.25) is 5.91 Å². The molecule has 0 saturated carbocycles. The molecular weight excluding hydrogens is 404 g/mol. The molecule has 1 aliphatic rings. The molecular formula is C22H23F2N5O2. The highest BCUT2D eigenvalue weighted by atomic mass is 19.2. The molecule has 162 valence electrons. The van der Waals surface area contributed by atoms with Crippen LogP contribution in [0, 0.1) is 11.6 Å². The first-order chi connectivity index (χ1) is 15.1. The van der Waals surface area contributed by atoms with Crippen LogP contribution in [0.15, 0.2) is 42.6 Å². The van der Waals surface area contributed by atoms with Gasteiger partial charge in [0.15, 0.2) is 11.6 Å². The van der Waals surface area contributed by atoms with E-state index in [1.807, 2.05) is 24.3 Å². The van der Waals surface area contributed by atoms with Gasteiger partial charge >= 0.3 is 0 Å². The van der Waals surface area contributed by atoms with Crippen LogP contribution in [-0.4, -0.2) is 53.6 Å². The van der Waals surface area contributed by atoms with Crippen molar-refractivity contribution in [1.29, 1.82) is 0 Å².